The topological polar surface area (TPSA) is 0 Å². The summed E-state index contributed by atoms with van der Waals surface area (Å²) in [5.41, 5.74) is 0. The van der Waals surface area contributed by atoms with Crippen molar-refractivity contribution in [2.24, 2.45) is 11.8 Å². The molecule has 4 rings (SSSR count). The van der Waals surface area contributed by atoms with E-state index in [0.717, 1.165) is 0 Å². The minimum absolute atomic E-state index is 0. The fourth-order valence-corrected chi connectivity index (χ4v) is 10.7. The van der Waals surface area contributed by atoms with Gasteiger partial charge in [-0.25, -0.2) is 0 Å². The fraction of sp³-hybridized carbons (Fsp3) is 0.217. The van der Waals surface area contributed by atoms with Gasteiger partial charge >= 0.3 is 0 Å². The highest BCUT2D eigenvalue weighted by Gasteiger charge is 2.64. The molecule has 0 heterocycles. The zero-order chi connectivity index (χ0) is 18.2. The zero-order valence-electron chi connectivity index (χ0n) is 15.1. The molecule has 0 aliphatic heterocycles. The van der Waals surface area contributed by atoms with Crippen LogP contribution in [0.4, 0.5) is 0 Å². The Balaban J connectivity index is 0.00000210. The van der Waals surface area contributed by atoms with E-state index < -0.39 is 7.26 Å². The molecular formula is C23H22Br2IP. The standard InChI is InChI=1S/C23H22Br2P.HI/c1-18-22(23(18,24)25)17-26(19-11-5-2-6-12-19,20-13-7-3-8-14-20)21-15-9-4-10-16-21;/h2-16,18,22H,17H2,1H3;1H/q+1;/p-1. The van der Waals surface area contributed by atoms with Crippen LogP contribution in [-0.4, -0.2) is 9.40 Å². The zero-order valence-corrected chi connectivity index (χ0v) is 21.3. The lowest BCUT2D eigenvalue weighted by Crippen LogP contribution is -3.00. The van der Waals surface area contributed by atoms with E-state index in [1.165, 1.54) is 22.1 Å². The Kier molecular flexibility index (Phi) is 6.88. The average molecular weight is 616 g/mol. The molecule has 0 spiro atoms. The highest BCUT2D eigenvalue weighted by atomic mass is 127. The van der Waals surface area contributed by atoms with Crippen LogP contribution in [0.15, 0.2) is 91.0 Å². The molecule has 3 aromatic rings. The van der Waals surface area contributed by atoms with Crippen LogP contribution in [0.5, 0.6) is 0 Å². The molecule has 1 saturated carbocycles. The van der Waals surface area contributed by atoms with Crippen LogP contribution in [0, 0.1) is 11.8 Å². The van der Waals surface area contributed by atoms with E-state index in [0.29, 0.717) is 11.8 Å². The van der Waals surface area contributed by atoms with Crippen molar-refractivity contribution in [3.8, 4) is 0 Å². The van der Waals surface area contributed by atoms with Crippen molar-refractivity contribution >= 4 is 55.0 Å². The third kappa shape index (κ3) is 3.95. The van der Waals surface area contributed by atoms with Gasteiger partial charge in [-0.1, -0.05) is 93.4 Å². The quantitative estimate of drug-likeness (QED) is 0.235. The largest absolute Gasteiger partial charge is 1.00 e. The predicted octanol–water partition coefficient (Wildman–Crippen LogP) is 2.74. The normalized spacial score (nSPS) is 20.6. The van der Waals surface area contributed by atoms with Crippen LogP contribution in [-0.2, 0) is 0 Å². The van der Waals surface area contributed by atoms with E-state index >= 15 is 0 Å². The van der Waals surface area contributed by atoms with Gasteiger partial charge in [0.15, 0.2) is 0 Å². The van der Waals surface area contributed by atoms with Crippen LogP contribution in [0.25, 0.3) is 0 Å². The summed E-state index contributed by atoms with van der Waals surface area (Å²) >= 11 is 7.85. The molecule has 0 saturated heterocycles. The molecule has 1 aliphatic rings. The molecule has 0 bridgehead atoms. The molecule has 0 amide bonds. The van der Waals surface area contributed by atoms with Crippen LogP contribution < -0.4 is 39.9 Å². The van der Waals surface area contributed by atoms with Gasteiger partial charge in [-0.15, -0.1) is 0 Å². The number of halogens is 3. The molecule has 1 fully saturated rings. The molecule has 1 aliphatic carbocycles. The summed E-state index contributed by atoms with van der Waals surface area (Å²) in [6, 6.07) is 33.4. The SMILES string of the molecule is CC1C(C[P+](c2ccccc2)(c2ccccc2)c2ccccc2)C1(Br)Br.[I-]. The van der Waals surface area contributed by atoms with Gasteiger partial charge in [-0.3, -0.25) is 0 Å². The van der Waals surface area contributed by atoms with E-state index in [2.05, 4.69) is 130 Å². The molecule has 0 aromatic heterocycles. The van der Waals surface area contributed by atoms with Crippen LogP contribution in [0.1, 0.15) is 6.92 Å². The van der Waals surface area contributed by atoms with E-state index in [1.807, 2.05) is 0 Å². The van der Waals surface area contributed by atoms with E-state index in [4.69, 9.17) is 0 Å². The predicted molar refractivity (Wildman–Crippen MR) is 123 cm³/mol. The van der Waals surface area contributed by atoms with Gasteiger partial charge in [0.25, 0.3) is 0 Å². The van der Waals surface area contributed by atoms with Gasteiger partial charge in [-0.05, 0) is 42.3 Å². The first-order chi connectivity index (χ1) is 12.6. The van der Waals surface area contributed by atoms with Gasteiger partial charge in [0, 0.05) is 5.92 Å². The minimum Gasteiger partial charge on any atom is -1.00 e. The number of rotatable bonds is 5. The highest BCUT2D eigenvalue weighted by molar-refractivity contribution is 9.25. The third-order valence-electron chi connectivity index (χ3n) is 5.66. The molecule has 0 nitrogen and oxygen atoms in total. The summed E-state index contributed by atoms with van der Waals surface area (Å²) < 4.78 is 0.0730. The monoisotopic (exact) mass is 614 g/mol. The van der Waals surface area contributed by atoms with Crippen LogP contribution >= 0.6 is 39.1 Å². The number of alkyl halides is 2. The summed E-state index contributed by atoms with van der Waals surface area (Å²) in [6.45, 7) is 2.34. The maximum atomic E-state index is 3.92. The Morgan fingerprint density at radius 1 is 0.704 bits per heavy atom. The van der Waals surface area contributed by atoms with Crippen molar-refractivity contribution < 1.29 is 24.0 Å². The van der Waals surface area contributed by atoms with Crippen molar-refractivity contribution in [2.45, 2.75) is 10.2 Å². The van der Waals surface area contributed by atoms with Gasteiger partial charge in [-0.2, -0.15) is 0 Å². The molecule has 2 atom stereocenters. The lowest BCUT2D eigenvalue weighted by molar-refractivity contribution is -0.00000484. The second kappa shape index (κ2) is 8.65. The second-order valence-electron chi connectivity index (χ2n) is 7.07. The Labute approximate surface area is 196 Å². The second-order valence-corrected chi connectivity index (χ2v) is 14.3. The third-order valence-corrected chi connectivity index (χ3v) is 12.8. The Hall–Kier alpha value is -0.220. The van der Waals surface area contributed by atoms with Gasteiger partial charge in [0.05, 0.1) is 9.40 Å². The maximum Gasteiger partial charge on any atom is 0.112 e. The molecule has 0 N–H and O–H groups in total. The molecule has 2 unspecified atom stereocenters. The van der Waals surface area contributed by atoms with E-state index in [9.17, 15) is 0 Å². The van der Waals surface area contributed by atoms with E-state index in [1.54, 1.807) is 0 Å². The maximum absolute atomic E-state index is 3.92. The number of benzene rings is 3. The van der Waals surface area contributed by atoms with Crippen LogP contribution in [0.2, 0.25) is 0 Å². The molecule has 140 valence electrons. The fourth-order valence-electron chi connectivity index (χ4n) is 3.95. The van der Waals surface area contributed by atoms with Crippen molar-refractivity contribution in [3.63, 3.8) is 0 Å². The smallest absolute Gasteiger partial charge is 0.112 e. The first-order valence-electron chi connectivity index (χ1n) is 8.99. The number of hydrogen-bond donors (Lipinski definition) is 0. The summed E-state index contributed by atoms with van der Waals surface area (Å²) in [5, 5.41) is 4.40. The molecular weight excluding hydrogens is 594 g/mol. The Bertz CT molecular complexity index is 772. The lowest BCUT2D eigenvalue weighted by Gasteiger charge is -2.28. The van der Waals surface area contributed by atoms with Crippen molar-refractivity contribution in [1.29, 1.82) is 0 Å². The number of hydrogen-bond acceptors (Lipinski definition) is 0. The van der Waals surface area contributed by atoms with Crippen LogP contribution in [0.3, 0.4) is 0 Å². The molecule has 3 aromatic carbocycles. The van der Waals surface area contributed by atoms with Gasteiger partial charge < -0.3 is 24.0 Å². The molecule has 4 heteroatoms. The van der Waals surface area contributed by atoms with Crippen molar-refractivity contribution in [1.82, 2.24) is 0 Å². The van der Waals surface area contributed by atoms with Crippen molar-refractivity contribution in [3.05, 3.63) is 91.0 Å². The summed E-state index contributed by atoms with van der Waals surface area (Å²) in [7, 11) is -1.72. The van der Waals surface area contributed by atoms with Gasteiger partial charge in [0.2, 0.25) is 0 Å². The van der Waals surface area contributed by atoms with Gasteiger partial charge in [0.1, 0.15) is 23.2 Å². The molecule has 27 heavy (non-hydrogen) atoms. The summed E-state index contributed by atoms with van der Waals surface area (Å²) in [6.07, 6.45) is 1.17. The Morgan fingerprint density at radius 3 is 1.26 bits per heavy atom. The molecule has 0 radical (unpaired) electrons. The average Bonchev–Trinajstić information content (AvgIpc) is 3.17. The summed E-state index contributed by atoms with van der Waals surface area (Å²) in [5.74, 6) is 1.23. The first-order valence-corrected chi connectivity index (χ1v) is 12.6. The Morgan fingerprint density at radius 2 is 1.00 bits per heavy atom. The lowest BCUT2D eigenvalue weighted by atomic mass is 10.3. The first kappa shape index (κ1) is 21.5. The summed E-state index contributed by atoms with van der Waals surface area (Å²) in [4.78, 5) is 0. The highest BCUT2D eigenvalue weighted by Crippen LogP contribution is 2.69. The van der Waals surface area contributed by atoms with Crippen molar-refractivity contribution in [2.75, 3.05) is 6.16 Å². The van der Waals surface area contributed by atoms with E-state index in [-0.39, 0.29) is 27.2 Å². The minimum atomic E-state index is -1.72.